The summed E-state index contributed by atoms with van der Waals surface area (Å²) in [4.78, 5) is 0. The van der Waals surface area contributed by atoms with E-state index in [2.05, 4.69) is 74.5 Å². The van der Waals surface area contributed by atoms with Crippen LogP contribution in [0.15, 0.2) is 60.7 Å². The molecule has 0 heterocycles. The quantitative estimate of drug-likeness (QED) is 0.414. The minimum absolute atomic E-state index is 1.34. The van der Waals surface area contributed by atoms with Crippen molar-refractivity contribution in [1.29, 1.82) is 0 Å². The second-order valence-electron chi connectivity index (χ2n) is 7.03. The molecule has 0 aromatic heterocycles. The van der Waals surface area contributed by atoms with Gasteiger partial charge < -0.3 is 0 Å². The standard InChI is InChI=1S/C22H32Ge/c1-3-5-17-23(18-6-4-2,19-21-13-9-7-10-14-21)20-22-15-11-8-12-16-22/h7-16H,3-6,17-20H2,1-2H3. The Labute approximate surface area is 145 Å². The molecule has 0 bridgehead atoms. The molecule has 124 valence electrons. The molecule has 0 aliphatic rings. The molecule has 1 heteroatoms. The average molecular weight is 369 g/mol. The summed E-state index contributed by atoms with van der Waals surface area (Å²) in [5.74, 6) is 0. The van der Waals surface area contributed by atoms with Crippen molar-refractivity contribution in [2.45, 2.75) is 60.5 Å². The van der Waals surface area contributed by atoms with Gasteiger partial charge in [-0.3, -0.25) is 0 Å². The van der Waals surface area contributed by atoms with Crippen molar-refractivity contribution in [2.24, 2.45) is 0 Å². The second-order valence-corrected chi connectivity index (χ2v) is 16.9. The molecular weight excluding hydrogens is 337 g/mol. The molecule has 2 rings (SSSR count). The molecule has 0 amide bonds. The van der Waals surface area contributed by atoms with Gasteiger partial charge in [0.25, 0.3) is 0 Å². The third-order valence-electron chi connectivity index (χ3n) is 4.97. The molecule has 0 spiro atoms. The SMILES string of the molecule is CCC[CH2][Ge]([CH2]CCC)([CH2]c1ccccc1)[CH2]c1ccccc1. The number of rotatable bonds is 10. The van der Waals surface area contributed by atoms with E-state index in [4.69, 9.17) is 0 Å². The van der Waals surface area contributed by atoms with E-state index >= 15 is 0 Å². The zero-order valence-corrected chi connectivity index (χ0v) is 17.0. The van der Waals surface area contributed by atoms with Crippen molar-refractivity contribution in [1.82, 2.24) is 0 Å². The van der Waals surface area contributed by atoms with Crippen LogP contribution in [0.1, 0.15) is 50.7 Å². The summed E-state index contributed by atoms with van der Waals surface area (Å²) < 4.78 is 0. The van der Waals surface area contributed by atoms with Gasteiger partial charge >= 0.3 is 146 Å². The predicted molar refractivity (Wildman–Crippen MR) is 105 cm³/mol. The van der Waals surface area contributed by atoms with Crippen LogP contribution in [0.2, 0.25) is 10.5 Å². The van der Waals surface area contributed by atoms with E-state index in [1.165, 1.54) is 46.7 Å². The molecule has 0 fully saturated rings. The van der Waals surface area contributed by atoms with E-state index in [0.29, 0.717) is 0 Å². The number of hydrogen-bond donors (Lipinski definition) is 0. The Balaban J connectivity index is 2.24. The molecule has 0 radical (unpaired) electrons. The Hall–Kier alpha value is -1.02. The number of hydrogen-bond acceptors (Lipinski definition) is 0. The van der Waals surface area contributed by atoms with Gasteiger partial charge in [0.05, 0.1) is 0 Å². The zero-order valence-electron chi connectivity index (χ0n) is 14.9. The molecule has 0 unspecified atom stereocenters. The number of unbranched alkanes of at least 4 members (excludes halogenated alkanes) is 2. The van der Waals surface area contributed by atoms with Crippen LogP contribution >= 0.6 is 0 Å². The van der Waals surface area contributed by atoms with Gasteiger partial charge in [-0.25, -0.2) is 0 Å². The summed E-state index contributed by atoms with van der Waals surface area (Å²) in [5, 5.41) is 5.85. The van der Waals surface area contributed by atoms with Crippen LogP contribution in [0.4, 0.5) is 0 Å². The molecule has 0 saturated carbocycles. The third kappa shape index (κ3) is 6.18. The van der Waals surface area contributed by atoms with Crippen molar-refractivity contribution in [3.05, 3.63) is 71.8 Å². The van der Waals surface area contributed by atoms with Crippen LogP contribution in [-0.4, -0.2) is 13.3 Å². The Morgan fingerprint density at radius 2 is 1.00 bits per heavy atom. The maximum atomic E-state index is 2.35. The molecule has 0 aliphatic heterocycles. The monoisotopic (exact) mass is 370 g/mol. The summed E-state index contributed by atoms with van der Waals surface area (Å²) in [6, 6.07) is 22.5. The Kier molecular flexibility index (Phi) is 7.95. The van der Waals surface area contributed by atoms with E-state index in [0.717, 1.165) is 0 Å². The second kappa shape index (κ2) is 9.97. The predicted octanol–water partition coefficient (Wildman–Crippen LogP) is 6.60. The number of benzene rings is 2. The summed E-state index contributed by atoms with van der Waals surface area (Å²) in [6.07, 6.45) is 5.51. The summed E-state index contributed by atoms with van der Waals surface area (Å²) in [6.45, 7) is 4.69. The van der Waals surface area contributed by atoms with Crippen molar-refractivity contribution in [3.63, 3.8) is 0 Å². The summed E-state index contributed by atoms with van der Waals surface area (Å²) in [5.41, 5.74) is 3.16. The molecule has 0 nitrogen and oxygen atoms in total. The van der Waals surface area contributed by atoms with Crippen molar-refractivity contribution in [2.75, 3.05) is 0 Å². The van der Waals surface area contributed by atoms with Gasteiger partial charge in [-0.05, 0) is 0 Å². The third-order valence-corrected chi connectivity index (χ3v) is 15.8. The zero-order chi connectivity index (χ0) is 16.4. The maximum absolute atomic E-state index is 2.35. The van der Waals surface area contributed by atoms with E-state index in [1.807, 2.05) is 0 Å². The van der Waals surface area contributed by atoms with Crippen LogP contribution in [0.5, 0.6) is 0 Å². The van der Waals surface area contributed by atoms with Crippen molar-refractivity contribution >= 4 is 13.3 Å². The molecule has 0 atom stereocenters. The van der Waals surface area contributed by atoms with Gasteiger partial charge in [0.15, 0.2) is 0 Å². The molecule has 23 heavy (non-hydrogen) atoms. The van der Waals surface area contributed by atoms with E-state index in [-0.39, 0.29) is 0 Å². The first-order chi connectivity index (χ1) is 11.3. The molecule has 0 aliphatic carbocycles. The van der Waals surface area contributed by atoms with Crippen LogP contribution < -0.4 is 0 Å². The molecule has 2 aromatic rings. The fraction of sp³-hybridized carbons (Fsp3) is 0.455. The van der Waals surface area contributed by atoms with E-state index in [1.54, 1.807) is 11.1 Å². The first-order valence-electron chi connectivity index (χ1n) is 9.36. The average Bonchev–Trinajstić information content (AvgIpc) is 2.60. The van der Waals surface area contributed by atoms with E-state index < -0.39 is 13.3 Å². The topological polar surface area (TPSA) is 0 Å². The van der Waals surface area contributed by atoms with Gasteiger partial charge in [0, 0.05) is 0 Å². The van der Waals surface area contributed by atoms with Crippen molar-refractivity contribution < 1.29 is 0 Å². The van der Waals surface area contributed by atoms with Crippen LogP contribution in [0, 0.1) is 0 Å². The molecule has 0 N–H and O–H groups in total. The minimum atomic E-state index is -1.92. The fourth-order valence-electron chi connectivity index (χ4n) is 3.70. The Morgan fingerprint density at radius 1 is 0.609 bits per heavy atom. The van der Waals surface area contributed by atoms with Gasteiger partial charge in [-0.1, -0.05) is 0 Å². The van der Waals surface area contributed by atoms with Crippen LogP contribution in [0.25, 0.3) is 0 Å². The van der Waals surface area contributed by atoms with Gasteiger partial charge in [-0.15, -0.1) is 0 Å². The Bertz CT molecular complexity index is 481. The van der Waals surface area contributed by atoms with Gasteiger partial charge in [0.2, 0.25) is 0 Å². The van der Waals surface area contributed by atoms with Crippen molar-refractivity contribution in [3.8, 4) is 0 Å². The fourth-order valence-corrected chi connectivity index (χ4v) is 15.2. The summed E-state index contributed by atoms with van der Waals surface area (Å²) in [7, 11) is 0. The molecular formula is C22H32Ge. The molecule has 2 aromatic carbocycles. The van der Waals surface area contributed by atoms with Crippen LogP contribution in [-0.2, 0) is 10.5 Å². The van der Waals surface area contributed by atoms with Crippen LogP contribution in [0.3, 0.4) is 0 Å². The van der Waals surface area contributed by atoms with Gasteiger partial charge in [0.1, 0.15) is 0 Å². The first-order valence-corrected chi connectivity index (χ1v) is 15.3. The van der Waals surface area contributed by atoms with Gasteiger partial charge in [-0.2, -0.15) is 0 Å². The first kappa shape index (κ1) is 18.3. The molecule has 0 saturated heterocycles. The Morgan fingerprint density at radius 3 is 1.35 bits per heavy atom. The summed E-state index contributed by atoms with van der Waals surface area (Å²) >= 11 is -1.92. The normalized spacial score (nSPS) is 11.6. The van der Waals surface area contributed by atoms with E-state index in [9.17, 15) is 0 Å².